The van der Waals surface area contributed by atoms with Crippen molar-refractivity contribution in [1.82, 2.24) is 5.32 Å². The summed E-state index contributed by atoms with van der Waals surface area (Å²) in [5, 5.41) is 23.3. The Morgan fingerprint density at radius 2 is 0.533 bits per heavy atom. The maximum atomic E-state index is 12.5. The van der Waals surface area contributed by atoms with Gasteiger partial charge in [0.15, 0.2) is 0 Å². The van der Waals surface area contributed by atoms with Crippen LogP contribution in [0.4, 0.5) is 0 Å². The normalized spacial score (nSPS) is 12.7. The minimum atomic E-state index is -0.654. The van der Waals surface area contributed by atoms with E-state index in [0.29, 0.717) is 12.8 Å². The van der Waals surface area contributed by atoms with Gasteiger partial charge in [-0.15, -0.1) is 0 Å². The number of nitrogens with one attached hydrogen (secondary N) is 1. The molecule has 0 aliphatic heterocycles. The zero-order chi connectivity index (χ0) is 43.5. The Morgan fingerprint density at radius 3 is 0.750 bits per heavy atom. The van der Waals surface area contributed by atoms with Crippen LogP contribution < -0.4 is 5.32 Å². The summed E-state index contributed by atoms with van der Waals surface area (Å²) in [6.07, 6.45) is 66.7. The van der Waals surface area contributed by atoms with Gasteiger partial charge in [-0.05, 0) is 12.8 Å². The van der Waals surface area contributed by atoms with Crippen molar-refractivity contribution in [3.63, 3.8) is 0 Å². The van der Waals surface area contributed by atoms with Gasteiger partial charge in [-0.25, -0.2) is 0 Å². The van der Waals surface area contributed by atoms with Crippen molar-refractivity contribution >= 4 is 5.91 Å². The van der Waals surface area contributed by atoms with Crippen LogP contribution in [-0.2, 0) is 4.79 Å². The molecule has 0 spiro atoms. The lowest BCUT2D eigenvalue weighted by atomic mass is 10.0. The molecular weight excluding hydrogens is 735 g/mol. The number of hydrogen-bond acceptors (Lipinski definition) is 3. The lowest BCUT2D eigenvalue weighted by Crippen LogP contribution is -2.45. The van der Waals surface area contributed by atoms with Crippen LogP contribution in [0, 0.1) is 0 Å². The molecule has 0 heterocycles. The topological polar surface area (TPSA) is 69.6 Å². The third-order valence-corrected chi connectivity index (χ3v) is 13.6. The first kappa shape index (κ1) is 59.4. The third kappa shape index (κ3) is 48.4. The smallest absolute Gasteiger partial charge is 0.220 e. The van der Waals surface area contributed by atoms with E-state index < -0.39 is 12.1 Å². The number of unbranched alkanes of at least 4 members (excludes halogenated alkanes) is 46. The summed E-state index contributed by atoms with van der Waals surface area (Å²) in [6.45, 7) is 4.40. The van der Waals surface area contributed by atoms with Crippen LogP contribution in [0.25, 0.3) is 0 Å². The number of carbonyl (C=O) groups is 1. The molecule has 3 N–H and O–H groups in total. The molecule has 0 radical (unpaired) electrons. The first-order valence-corrected chi connectivity index (χ1v) is 28.2. The number of hydrogen-bond donors (Lipinski definition) is 3. The van der Waals surface area contributed by atoms with Gasteiger partial charge < -0.3 is 15.5 Å². The first-order valence-electron chi connectivity index (χ1n) is 28.2. The quantitative estimate of drug-likeness (QED) is 0.0534. The summed E-state index contributed by atoms with van der Waals surface area (Å²) in [7, 11) is 0. The average Bonchev–Trinajstić information content (AvgIpc) is 3.25. The fourth-order valence-electron chi connectivity index (χ4n) is 9.31. The Bertz CT molecular complexity index is 788. The predicted molar refractivity (Wildman–Crippen MR) is 267 cm³/mol. The van der Waals surface area contributed by atoms with Gasteiger partial charge in [0.1, 0.15) is 0 Å². The van der Waals surface area contributed by atoms with Gasteiger partial charge in [0.05, 0.1) is 18.8 Å². The summed E-state index contributed by atoms with van der Waals surface area (Å²) in [5.41, 5.74) is 0. The Morgan fingerprint density at radius 1 is 0.333 bits per heavy atom. The van der Waals surface area contributed by atoms with E-state index in [0.717, 1.165) is 25.7 Å². The Balaban J connectivity index is 3.36. The second-order valence-electron chi connectivity index (χ2n) is 19.7. The van der Waals surface area contributed by atoms with Crippen LogP contribution in [0.1, 0.15) is 335 Å². The van der Waals surface area contributed by atoms with Crippen molar-refractivity contribution in [2.24, 2.45) is 0 Å². The summed E-state index contributed by atoms with van der Waals surface area (Å²) >= 11 is 0. The summed E-state index contributed by atoms with van der Waals surface area (Å²) in [6, 6.07) is -0.530. The predicted octanol–water partition coefficient (Wildman–Crippen LogP) is 18.4. The number of rotatable bonds is 53. The molecule has 60 heavy (non-hydrogen) atoms. The van der Waals surface area contributed by atoms with Gasteiger partial charge in [0.25, 0.3) is 0 Å². The molecule has 1 amide bonds. The zero-order valence-electron chi connectivity index (χ0n) is 41.5. The van der Waals surface area contributed by atoms with Crippen molar-refractivity contribution in [3.05, 3.63) is 0 Å². The van der Waals surface area contributed by atoms with E-state index in [1.54, 1.807) is 0 Å². The Labute approximate surface area is 378 Å². The fourth-order valence-corrected chi connectivity index (χ4v) is 9.31. The molecule has 0 fully saturated rings. The summed E-state index contributed by atoms with van der Waals surface area (Å²) < 4.78 is 0. The van der Waals surface area contributed by atoms with Crippen LogP contribution in [0.5, 0.6) is 0 Å². The lowest BCUT2D eigenvalue weighted by molar-refractivity contribution is -0.123. The van der Waals surface area contributed by atoms with E-state index in [2.05, 4.69) is 19.2 Å². The highest BCUT2D eigenvalue weighted by Crippen LogP contribution is 2.18. The van der Waals surface area contributed by atoms with E-state index in [9.17, 15) is 15.0 Å². The molecule has 0 aromatic rings. The van der Waals surface area contributed by atoms with Crippen molar-refractivity contribution < 1.29 is 15.0 Å². The number of aliphatic hydroxyl groups excluding tert-OH is 2. The minimum absolute atomic E-state index is 0.0225. The molecule has 2 atom stereocenters. The third-order valence-electron chi connectivity index (χ3n) is 13.6. The van der Waals surface area contributed by atoms with Crippen molar-refractivity contribution in [2.75, 3.05) is 6.61 Å². The molecule has 0 bridgehead atoms. The highest BCUT2D eigenvalue weighted by Gasteiger charge is 2.20. The Hall–Kier alpha value is -0.610. The molecule has 0 saturated heterocycles. The SMILES string of the molecule is CCCCCCCCCCCCCCCCCCCCCCCCCCCCCCCCCCC(=O)NC(CO)C(O)CCCCCCCCCCCCCCCCCC. The van der Waals surface area contributed by atoms with Crippen LogP contribution >= 0.6 is 0 Å². The van der Waals surface area contributed by atoms with Crippen molar-refractivity contribution in [3.8, 4) is 0 Å². The van der Waals surface area contributed by atoms with Gasteiger partial charge >= 0.3 is 0 Å². The van der Waals surface area contributed by atoms with Gasteiger partial charge in [0.2, 0.25) is 5.91 Å². The molecular formula is C56H113NO3. The molecule has 0 saturated carbocycles. The first-order chi connectivity index (χ1) is 29.7. The largest absolute Gasteiger partial charge is 0.394 e. The molecule has 0 aliphatic carbocycles. The van der Waals surface area contributed by atoms with E-state index in [4.69, 9.17) is 0 Å². The lowest BCUT2D eigenvalue weighted by Gasteiger charge is -2.22. The maximum absolute atomic E-state index is 12.5. The monoisotopic (exact) mass is 848 g/mol. The summed E-state index contributed by atoms with van der Waals surface area (Å²) in [4.78, 5) is 12.5. The highest BCUT2D eigenvalue weighted by molar-refractivity contribution is 5.76. The van der Waals surface area contributed by atoms with E-state index in [-0.39, 0.29) is 12.5 Å². The number of carbonyl (C=O) groups excluding carboxylic acids is 1. The van der Waals surface area contributed by atoms with Crippen LogP contribution in [0.3, 0.4) is 0 Å². The maximum Gasteiger partial charge on any atom is 0.220 e. The number of aliphatic hydroxyl groups is 2. The van der Waals surface area contributed by atoms with Crippen LogP contribution in [0.2, 0.25) is 0 Å². The van der Waals surface area contributed by atoms with Crippen molar-refractivity contribution in [1.29, 1.82) is 0 Å². The number of amides is 1. The summed E-state index contributed by atoms with van der Waals surface area (Å²) in [5.74, 6) is -0.0225. The second kappa shape index (κ2) is 52.7. The Kier molecular flexibility index (Phi) is 52.2. The zero-order valence-corrected chi connectivity index (χ0v) is 41.5. The van der Waals surface area contributed by atoms with E-state index >= 15 is 0 Å². The van der Waals surface area contributed by atoms with Crippen molar-refractivity contribution in [2.45, 2.75) is 347 Å². The molecule has 4 nitrogen and oxygen atoms in total. The fraction of sp³-hybridized carbons (Fsp3) is 0.982. The van der Waals surface area contributed by atoms with Crippen LogP contribution in [-0.4, -0.2) is 34.9 Å². The molecule has 4 heteroatoms. The molecule has 2 unspecified atom stereocenters. The van der Waals surface area contributed by atoms with Gasteiger partial charge in [-0.1, -0.05) is 316 Å². The van der Waals surface area contributed by atoms with E-state index in [1.807, 2.05) is 0 Å². The van der Waals surface area contributed by atoms with E-state index in [1.165, 1.54) is 283 Å². The highest BCUT2D eigenvalue weighted by atomic mass is 16.3. The minimum Gasteiger partial charge on any atom is -0.394 e. The van der Waals surface area contributed by atoms with Gasteiger partial charge in [-0.2, -0.15) is 0 Å². The molecule has 0 aromatic heterocycles. The van der Waals surface area contributed by atoms with Crippen LogP contribution in [0.15, 0.2) is 0 Å². The van der Waals surface area contributed by atoms with Gasteiger partial charge in [-0.3, -0.25) is 4.79 Å². The molecule has 0 aromatic carbocycles. The molecule has 0 aliphatic rings. The average molecular weight is 849 g/mol. The standard InChI is InChI=1S/C56H113NO3/c1-3-5-7-9-11-13-15-17-19-21-22-23-24-25-26-27-28-29-30-31-32-33-34-35-36-38-40-42-44-46-48-50-52-56(60)57-54(53-58)55(59)51-49-47-45-43-41-39-37-20-18-16-14-12-10-8-6-4-2/h54-55,58-59H,3-53H2,1-2H3,(H,57,60). The molecule has 0 rings (SSSR count). The molecule has 360 valence electrons. The second-order valence-corrected chi connectivity index (χ2v) is 19.7. The van der Waals surface area contributed by atoms with Gasteiger partial charge in [0, 0.05) is 6.42 Å².